The molecule has 2 saturated heterocycles. The number of halogens is 4. The number of amides is 1. The van der Waals surface area contributed by atoms with Gasteiger partial charge in [0.15, 0.2) is 0 Å². The van der Waals surface area contributed by atoms with Crippen LogP contribution in [0.3, 0.4) is 0 Å². The van der Waals surface area contributed by atoms with E-state index < -0.39 is 17.7 Å². The van der Waals surface area contributed by atoms with Crippen molar-refractivity contribution in [2.24, 2.45) is 18.9 Å². The number of hydrogen-bond acceptors (Lipinski definition) is 7. The number of aromatic nitrogens is 4. The van der Waals surface area contributed by atoms with Crippen LogP contribution in [0.25, 0.3) is 10.9 Å². The zero-order valence-electron chi connectivity index (χ0n) is 21.9. The van der Waals surface area contributed by atoms with Crippen LogP contribution in [0.2, 0.25) is 5.02 Å². The van der Waals surface area contributed by atoms with Crippen molar-refractivity contribution in [3.05, 3.63) is 46.2 Å². The number of methoxy groups -OCH3 is 1. The fraction of sp³-hybridized carbons (Fsp3) is 0.538. The summed E-state index contributed by atoms with van der Waals surface area (Å²) in [5.74, 6) is -1.37. The minimum Gasteiger partial charge on any atom is -0.481 e. The van der Waals surface area contributed by atoms with Gasteiger partial charge in [0.2, 0.25) is 11.8 Å². The zero-order chi connectivity index (χ0) is 28.1. The van der Waals surface area contributed by atoms with Crippen molar-refractivity contribution in [3.63, 3.8) is 0 Å². The molecule has 2 aliphatic rings. The van der Waals surface area contributed by atoms with Gasteiger partial charge >= 0.3 is 6.18 Å². The summed E-state index contributed by atoms with van der Waals surface area (Å²) in [6, 6.07) is 5.27. The molecule has 2 aromatic heterocycles. The summed E-state index contributed by atoms with van der Waals surface area (Å²) >= 11 is 6.93. The standard InChI is InChI=1S/C26H30ClF3N6O3/c1-15(37)36-12-18(13-36)25(38,22-11-31-33-34(22)2)17-4-5-21-19(10-17)23(27)20(24(32-21)39-3)14-35-8-6-16(7-9-35)26(28,29)30/h4-5,10-11,16,18,38H,6-9,12-14H2,1-3H3/t25-/m1/s1. The van der Waals surface area contributed by atoms with E-state index in [1.807, 2.05) is 4.90 Å². The highest BCUT2D eigenvalue weighted by Gasteiger charge is 2.49. The van der Waals surface area contributed by atoms with E-state index in [9.17, 15) is 23.1 Å². The molecule has 2 aliphatic heterocycles. The smallest absolute Gasteiger partial charge is 0.391 e. The molecular formula is C26H30ClF3N6O3. The summed E-state index contributed by atoms with van der Waals surface area (Å²) in [5, 5.41) is 21.1. The van der Waals surface area contributed by atoms with Crippen LogP contribution in [0.15, 0.2) is 24.4 Å². The molecule has 13 heteroatoms. The second-order valence-electron chi connectivity index (χ2n) is 10.4. The Morgan fingerprint density at radius 1 is 1.21 bits per heavy atom. The van der Waals surface area contributed by atoms with Crippen LogP contribution in [-0.4, -0.2) is 80.3 Å². The Bertz CT molecular complexity index is 1390. The van der Waals surface area contributed by atoms with Gasteiger partial charge in [-0.2, -0.15) is 13.2 Å². The summed E-state index contributed by atoms with van der Waals surface area (Å²) in [5.41, 5.74) is 0.622. The molecule has 1 atom stereocenters. The summed E-state index contributed by atoms with van der Waals surface area (Å²) in [7, 11) is 3.17. The van der Waals surface area contributed by atoms with E-state index in [0.717, 1.165) is 0 Å². The molecular weight excluding hydrogens is 537 g/mol. The van der Waals surface area contributed by atoms with E-state index in [4.69, 9.17) is 16.3 Å². The quantitative estimate of drug-likeness (QED) is 0.488. The highest BCUT2D eigenvalue weighted by atomic mass is 35.5. The van der Waals surface area contributed by atoms with Gasteiger partial charge in [0.05, 0.1) is 35.5 Å². The van der Waals surface area contributed by atoms with Crippen LogP contribution in [0.4, 0.5) is 13.2 Å². The van der Waals surface area contributed by atoms with Crippen LogP contribution < -0.4 is 4.74 Å². The molecule has 0 aliphatic carbocycles. The fourth-order valence-electron chi connectivity index (χ4n) is 5.66. The Balaban J connectivity index is 1.51. The van der Waals surface area contributed by atoms with Crippen LogP contribution in [0.1, 0.15) is 36.6 Å². The number of carbonyl (C=O) groups is 1. The van der Waals surface area contributed by atoms with Gasteiger partial charge < -0.3 is 14.7 Å². The van der Waals surface area contributed by atoms with E-state index in [2.05, 4.69) is 15.3 Å². The topological polar surface area (TPSA) is 96.6 Å². The molecule has 39 heavy (non-hydrogen) atoms. The highest BCUT2D eigenvalue weighted by molar-refractivity contribution is 6.36. The molecule has 0 bridgehead atoms. The lowest BCUT2D eigenvalue weighted by Crippen LogP contribution is -2.58. The molecule has 0 saturated carbocycles. The van der Waals surface area contributed by atoms with E-state index in [0.29, 0.717) is 51.7 Å². The predicted octanol–water partition coefficient (Wildman–Crippen LogP) is 3.51. The Labute approximate surface area is 228 Å². The molecule has 1 N–H and O–H groups in total. The number of likely N-dealkylation sites (tertiary alicyclic amines) is 2. The lowest BCUT2D eigenvalue weighted by molar-refractivity contribution is -0.185. The zero-order valence-corrected chi connectivity index (χ0v) is 22.6. The maximum atomic E-state index is 13.1. The average molecular weight is 567 g/mol. The molecule has 3 aromatic rings. The minimum atomic E-state index is -4.19. The Morgan fingerprint density at radius 2 is 1.90 bits per heavy atom. The Hall–Kier alpha value is -2.96. The van der Waals surface area contributed by atoms with Crippen LogP contribution >= 0.6 is 11.6 Å². The molecule has 0 radical (unpaired) electrons. The molecule has 1 amide bonds. The monoisotopic (exact) mass is 566 g/mol. The number of rotatable bonds is 6. The number of benzene rings is 1. The average Bonchev–Trinajstić information content (AvgIpc) is 3.30. The third-order valence-corrected chi connectivity index (χ3v) is 8.50. The normalized spacial score (nSPS) is 19.2. The fourth-order valence-corrected chi connectivity index (χ4v) is 5.95. The van der Waals surface area contributed by atoms with Gasteiger partial charge in [-0.25, -0.2) is 9.67 Å². The summed E-state index contributed by atoms with van der Waals surface area (Å²) in [6.45, 7) is 3.06. The van der Waals surface area contributed by atoms with Crippen molar-refractivity contribution in [3.8, 4) is 5.88 Å². The molecule has 9 nitrogen and oxygen atoms in total. The number of ether oxygens (including phenoxy) is 1. The molecule has 210 valence electrons. The first-order chi connectivity index (χ1) is 18.4. The van der Waals surface area contributed by atoms with E-state index in [-0.39, 0.29) is 44.3 Å². The number of alkyl halides is 3. The van der Waals surface area contributed by atoms with Gasteiger partial charge in [-0.05, 0) is 43.6 Å². The summed E-state index contributed by atoms with van der Waals surface area (Å²) < 4.78 is 46.4. The molecule has 4 heterocycles. The number of hydrogen-bond donors (Lipinski definition) is 1. The van der Waals surface area contributed by atoms with Crippen molar-refractivity contribution < 1.29 is 27.8 Å². The SMILES string of the molecule is COc1nc2ccc([C@](O)(c3cnnn3C)C3CN(C(C)=O)C3)cc2c(Cl)c1CN1CCC(C(F)(F)F)CC1. The van der Waals surface area contributed by atoms with Crippen molar-refractivity contribution >= 4 is 28.4 Å². The number of aliphatic hydroxyl groups is 1. The van der Waals surface area contributed by atoms with Gasteiger partial charge in [-0.15, -0.1) is 5.10 Å². The molecule has 1 aromatic carbocycles. The number of carbonyl (C=O) groups excluding carboxylic acids is 1. The molecule has 5 rings (SSSR count). The van der Waals surface area contributed by atoms with Crippen molar-refractivity contribution in [2.45, 2.75) is 38.1 Å². The first-order valence-electron chi connectivity index (χ1n) is 12.7. The van der Waals surface area contributed by atoms with Crippen LogP contribution in [0.5, 0.6) is 5.88 Å². The number of aryl methyl sites for hydroxylation is 1. The first-order valence-corrected chi connectivity index (χ1v) is 13.1. The van der Waals surface area contributed by atoms with Crippen molar-refractivity contribution in [2.75, 3.05) is 33.3 Å². The molecule has 0 unspecified atom stereocenters. The number of fused-ring (bicyclic) bond motifs is 1. The Kier molecular flexibility index (Phi) is 7.23. The highest BCUT2D eigenvalue weighted by Crippen LogP contribution is 2.43. The summed E-state index contributed by atoms with van der Waals surface area (Å²) in [4.78, 5) is 20.0. The lowest BCUT2D eigenvalue weighted by atomic mass is 9.74. The first kappa shape index (κ1) is 27.6. The second-order valence-corrected chi connectivity index (χ2v) is 10.7. The molecule has 2 fully saturated rings. The minimum absolute atomic E-state index is 0.0268. The van der Waals surface area contributed by atoms with Crippen LogP contribution in [-0.2, 0) is 24.0 Å². The Morgan fingerprint density at radius 3 is 2.46 bits per heavy atom. The van der Waals surface area contributed by atoms with Gasteiger partial charge in [-0.3, -0.25) is 9.69 Å². The van der Waals surface area contributed by atoms with Crippen molar-refractivity contribution in [1.82, 2.24) is 29.8 Å². The summed E-state index contributed by atoms with van der Waals surface area (Å²) in [6.07, 6.45) is -2.63. The maximum Gasteiger partial charge on any atom is 0.391 e. The maximum absolute atomic E-state index is 13.1. The van der Waals surface area contributed by atoms with E-state index in [1.165, 1.54) is 24.9 Å². The molecule has 0 spiro atoms. The third kappa shape index (κ3) is 4.93. The van der Waals surface area contributed by atoms with E-state index >= 15 is 0 Å². The number of piperidine rings is 1. The van der Waals surface area contributed by atoms with Gasteiger partial charge in [0, 0.05) is 50.5 Å². The number of pyridine rings is 1. The lowest BCUT2D eigenvalue weighted by Gasteiger charge is -2.47. The predicted molar refractivity (Wildman–Crippen MR) is 137 cm³/mol. The van der Waals surface area contributed by atoms with E-state index in [1.54, 1.807) is 30.1 Å². The third-order valence-electron chi connectivity index (χ3n) is 8.07. The van der Waals surface area contributed by atoms with Gasteiger partial charge in [0.1, 0.15) is 5.60 Å². The number of nitrogens with zero attached hydrogens (tertiary/aromatic N) is 6. The van der Waals surface area contributed by atoms with Crippen LogP contribution in [0, 0.1) is 11.8 Å². The second kappa shape index (κ2) is 10.2. The largest absolute Gasteiger partial charge is 0.481 e. The van der Waals surface area contributed by atoms with Gasteiger partial charge in [0.25, 0.3) is 0 Å². The van der Waals surface area contributed by atoms with Gasteiger partial charge in [-0.1, -0.05) is 22.9 Å². The van der Waals surface area contributed by atoms with Crippen molar-refractivity contribution in [1.29, 1.82) is 0 Å².